The van der Waals surface area contributed by atoms with E-state index in [2.05, 4.69) is 51.8 Å². The van der Waals surface area contributed by atoms with Crippen molar-refractivity contribution < 1.29 is 58.8 Å². The van der Waals surface area contributed by atoms with Crippen LogP contribution in [0.15, 0.2) is 25.0 Å². The highest BCUT2D eigenvalue weighted by molar-refractivity contribution is 5.97. The number of aliphatic hydroxyl groups is 3. The van der Waals surface area contributed by atoms with Crippen LogP contribution in [0, 0.1) is 0 Å². The Kier molecular flexibility index (Phi) is 17.6. The molecular weight excluding hydrogens is 720 g/mol. The third kappa shape index (κ3) is 14.6. The Morgan fingerprint density at radius 2 is 1.22 bits per heavy atom. The van der Waals surface area contributed by atoms with Crippen molar-refractivity contribution in [3.8, 4) is 0 Å². The van der Waals surface area contributed by atoms with E-state index < -0.39 is 109 Å². The molecule has 8 atom stereocenters. The fourth-order valence-corrected chi connectivity index (χ4v) is 4.60. The van der Waals surface area contributed by atoms with Crippen LogP contribution in [0.5, 0.6) is 0 Å². The van der Waals surface area contributed by atoms with E-state index >= 15 is 0 Å². The molecule has 298 valence electrons. The van der Waals surface area contributed by atoms with Crippen LogP contribution in [-0.2, 0) is 51.2 Å². The average Bonchev–Trinajstić information content (AvgIpc) is 3.83. The number of carbonyl (C=O) groups is 8. The molecule has 0 bridgehead atoms. The Hall–Kier alpha value is -5.98. The van der Waals surface area contributed by atoms with Gasteiger partial charge in [0, 0.05) is 43.0 Å². The minimum absolute atomic E-state index is 0.234. The fourth-order valence-electron chi connectivity index (χ4n) is 4.60. The molecule has 54 heavy (non-hydrogen) atoms. The lowest BCUT2D eigenvalue weighted by Gasteiger charge is -2.27. The number of nitrogens with zero attached hydrogens (tertiary/aromatic N) is 2. The molecule has 24 nitrogen and oxygen atoms in total. The van der Waals surface area contributed by atoms with Gasteiger partial charge in [0.25, 0.3) is 0 Å². The van der Waals surface area contributed by atoms with Gasteiger partial charge in [-0.25, -0.2) is 14.8 Å². The first-order chi connectivity index (χ1) is 25.4. The molecule has 0 spiro atoms. The van der Waals surface area contributed by atoms with Crippen molar-refractivity contribution in [1.29, 1.82) is 0 Å². The maximum Gasteiger partial charge on any atom is 0.326 e. The Morgan fingerprint density at radius 3 is 1.65 bits per heavy atom. The third-order valence-corrected chi connectivity index (χ3v) is 7.66. The number of carboxylic acids is 1. The van der Waals surface area contributed by atoms with E-state index in [1.807, 2.05) is 0 Å². The molecule has 0 saturated heterocycles. The number of hydrogen-bond acceptors (Lipinski definition) is 14. The van der Waals surface area contributed by atoms with Crippen LogP contribution in [-0.4, -0.2) is 149 Å². The predicted molar refractivity (Wildman–Crippen MR) is 182 cm³/mol. The lowest BCUT2D eigenvalue weighted by atomic mass is 10.1. The third-order valence-electron chi connectivity index (χ3n) is 7.66. The van der Waals surface area contributed by atoms with E-state index in [9.17, 15) is 58.8 Å². The Morgan fingerprint density at radius 1 is 0.722 bits per heavy atom. The van der Waals surface area contributed by atoms with Gasteiger partial charge in [-0.15, -0.1) is 0 Å². The molecule has 0 radical (unpaired) electrons. The highest BCUT2D eigenvalue weighted by atomic mass is 16.4. The summed E-state index contributed by atoms with van der Waals surface area (Å²) in [7, 11) is 0. The van der Waals surface area contributed by atoms with Crippen LogP contribution in [0.3, 0.4) is 0 Å². The number of aliphatic carboxylic acids is 1. The summed E-state index contributed by atoms with van der Waals surface area (Å²) >= 11 is 0. The van der Waals surface area contributed by atoms with Crippen molar-refractivity contribution in [3.05, 3.63) is 36.4 Å². The molecule has 24 heteroatoms. The number of aliphatic hydroxyl groups excluding tert-OH is 3. The maximum absolute atomic E-state index is 13.7. The summed E-state index contributed by atoms with van der Waals surface area (Å²) in [5.74, 6) is -8.32. The first kappa shape index (κ1) is 44.2. The second kappa shape index (κ2) is 21.5. The summed E-state index contributed by atoms with van der Waals surface area (Å²) in [5, 5.41) is 52.7. The number of nitrogens with two attached hydrogens (primary N) is 2. The van der Waals surface area contributed by atoms with Gasteiger partial charge in [0.15, 0.2) is 0 Å². The summed E-state index contributed by atoms with van der Waals surface area (Å²) in [5.41, 5.74) is 11.3. The average molecular weight is 767 g/mol. The molecule has 0 aliphatic rings. The molecule has 16 N–H and O–H groups in total. The predicted octanol–water partition coefficient (Wildman–Crippen LogP) is -7.11. The number of H-pyrrole nitrogens is 2. The molecule has 0 saturated carbocycles. The van der Waals surface area contributed by atoms with Crippen molar-refractivity contribution in [2.45, 2.75) is 88.0 Å². The Bertz CT molecular complexity index is 1590. The standard InChI is InChI=1S/C30H46N12O12/c1-13(44)23(32)28(51)35-9-22(47)38-20(10-43)27(50)42-24(14(2)45)29(52)41-19(6-16-8-34-12-37-16)26(49)40-18(5-15-7-33-11-36-15)25(48)39-17(30(53)54)3-4-21(31)46/h7-8,11-14,17-20,23-24,43-45H,3-6,9-10,32H2,1-2H3,(H2,31,46)(H,33,36)(H,34,37)(H,35,51)(H,38,47)(H,39,48)(H,40,49)(H,41,52)(H,42,50)(H,53,54)/t13-,14-,17+,18+,19+,20+,23+,24+/m1/s1. The number of carbonyl (C=O) groups excluding carboxylic acids is 7. The molecule has 0 aliphatic carbocycles. The Balaban J connectivity index is 2.24. The number of amides is 7. The second-order valence-corrected chi connectivity index (χ2v) is 12.1. The van der Waals surface area contributed by atoms with Crippen LogP contribution in [0.2, 0.25) is 0 Å². The minimum Gasteiger partial charge on any atom is -0.480 e. The van der Waals surface area contributed by atoms with Crippen molar-refractivity contribution in [3.63, 3.8) is 0 Å². The number of imidazole rings is 2. The molecule has 2 rings (SSSR count). The van der Waals surface area contributed by atoms with Gasteiger partial charge in [-0.3, -0.25) is 33.6 Å². The second-order valence-electron chi connectivity index (χ2n) is 12.1. The van der Waals surface area contributed by atoms with Crippen molar-refractivity contribution >= 4 is 47.3 Å². The maximum atomic E-state index is 13.7. The van der Waals surface area contributed by atoms with Gasteiger partial charge in [0.2, 0.25) is 41.4 Å². The van der Waals surface area contributed by atoms with Gasteiger partial charge in [-0.05, 0) is 20.3 Å². The van der Waals surface area contributed by atoms with E-state index in [-0.39, 0.29) is 25.7 Å². The van der Waals surface area contributed by atoms with Crippen molar-refractivity contribution in [1.82, 2.24) is 51.8 Å². The molecule has 0 fully saturated rings. The van der Waals surface area contributed by atoms with Gasteiger partial charge in [-0.2, -0.15) is 0 Å². The summed E-state index contributed by atoms with van der Waals surface area (Å²) in [4.78, 5) is 114. The van der Waals surface area contributed by atoms with E-state index in [0.717, 1.165) is 6.92 Å². The van der Waals surface area contributed by atoms with Gasteiger partial charge >= 0.3 is 5.97 Å². The zero-order chi connectivity index (χ0) is 40.5. The van der Waals surface area contributed by atoms with Crippen molar-refractivity contribution in [2.75, 3.05) is 13.2 Å². The number of aromatic amines is 2. The first-order valence-corrected chi connectivity index (χ1v) is 16.4. The molecule has 0 aliphatic heterocycles. The number of nitrogens with one attached hydrogen (secondary N) is 8. The summed E-state index contributed by atoms with van der Waals surface area (Å²) in [6.45, 7) is 0.704. The van der Waals surface area contributed by atoms with Crippen molar-refractivity contribution in [2.24, 2.45) is 11.5 Å². The minimum atomic E-state index is -1.78. The molecule has 2 heterocycles. The molecule has 2 aromatic heterocycles. The van der Waals surface area contributed by atoms with Gasteiger partial charge < -0.3 is 73.8 Å². The topological polar surface area (TPSA) is 399 Å². The molecular formula is C30H46N12O12. The quantitative estimate of drug-likeness (QED) is 0.0500. The van der Waals surface area contributed by atoms with E-state index in [4.69, 9.17) is 11.5 Å². The first-order valence-electron chi connectivity index (χ1n) is 16.4. The molecule has 2 aromatic rings. The van der Waals surface area contributed by atoms with Gasteiger partial charge in [0.1, 0.15) is 36.3 Å². The SMILES string of the molecule is C[C@@H](O)[C@H](N)C(=O)NCC(=O)N[C@@H](CO)C(=O)N[C@H](C(=O)N[C@@H](Cc1cnc[nH]1)C(=O)N[C@@H](Cc1cnc[nH]1)C(=O)N[C@@H](CCC(N)=O)C(=O)O)[C@@H](C)O. The summed E-state index contributed by atoms with van der Waals surface area (Å²) in [6.07, 6.45) is 1.21. The highest BCUT2D eigenvalue weighted by Gasteiger charge is 2.35. The molecule has 0 aromatic carbocycles. The summed E-state index contributed by atoms with van der Waals surface area (Å²) < 4.78 is 0. The van der Waals surface area contributed by atoms with E-state index in [1.165, 1.54) is 32.0 Å². The number of carboxylic acid groups (broad SMARTS) is 1. The van der Waals surface area contributed by atoms with Gasteiger partial charge in [-0.1, -0.05) is 0 Å². The largest absolute Gasteiger partial charge is 0.480 e. The monoisotopic (exact) mass is 766 g/mol. The van der Waals surface area contributed by atoms with Crippen LogP contribution in [0.1, 0.15) is 38.1 Å². The smallest absolute Gasteiger partial charge is 0.326 e. The van der Waals surface area contributed by atoms with E-state index in [0.29, 0.717) is 11.4 Å². The fraction of sp³-hybridized carbons (Fsp3) is 0.533. The number of rotatable bonds is 23. The van der Waals surface area contributed by atoms with E-state index in [1.54, 1.807) is 0 Å². The normalized spacial score (nSPS) is 15.4. The van der Waals surface area contributed by atoms with Crippen LogP contribution in [0.25, 0.3) is 0 Å². The van der Waals surface area contributed by atoms with Gasteiger partial charge in [0.05, 0.1) is 38.0 Å². The zero-order valence-corrected chi connectivity index (χ0v) is 29.3. The zero-order valence-electron chi connectivity index (χ0n) is 29.3. The highest BCUT2D eigenvalue weighted by Crippen LogP contribution is 2.07. The van der Waals surface area contributed by atoms with Crippen LogP contribution in [0.4, 0.5) is 0 Å². The number of primary amides is 1. The Labute approximate surface area is 307 Å². The number of aromatic nitrogens is 4. The van der Waals surface area contributed by atoms with Crippen LogP contribution >= 0.6 is 0 Å². The lowest BCUT2D eigenvalue weighted by molar-refractivity contribution is -0.142. The lowest BCUT2D eigenvalue weighted by Crippen LogP contribution is -2.62. The molecule has 7 amide bonds. The summed E-state index contributed by atoms with van der Waals surface area (Å²) in [6, 6.07) is -9.36. The molecule has 0 unspecified atom stereocenters. The number of hydrogen-bond donors (Lipinski definition) is 14. The van der Waals surface area contributed by atoms with Crippen LogP contribution < -0.4 is 43.4 Å².